The molecule has 0 bridgehead atoms. The summed E-state index contributed by atoms with van der Waals surface area (Å²) in [5.41, 5.74) is 1.00. The van der Waals surface area contributed by atoms with Crippen LogP contribution < -0.4 is 5.32 Å². The lowest BCUT2D eigenvalue weighted by atomic mass is 10.1. The molecular weight excluding hydrogens is 266 g/mol. The molecule has 0 aliphatic heterocycles. The van der Waals surface area contributed by atoms with Crippen molar-refractivity contribution in [2.45, 2.75) is 10.1 Å². The minimum atomic E-state index is -0.251. The summed E-state index contributed by atoms with van der Waals surface area (Å²) in [6.45, 7) is 4.11. The summed E-state index contributed by atoms with van der Waals surface area (Å²) in [4.78, 5) is 13.4. The van der Waals surface area contributed by atoms with E-state index in [2.05, 4.69) is 11.9 Å². The zero-order valence-corrected chi connectivity index (χ0v) is 12.0. The molecule has 0 aliphatic carbocycles. The fourth-order valence-electron chi connectivity index (χ4n) is 1.80. The summed E-state index contributed by atoms with van der Waals surface area (Å²) in [7, 11) is 0. The van der Waals surface area contributed by atoms with Crippen molar-refractivity contribution in [3.63, 3.8) is 0 Å². The third-order valence-electron chi connectivity index (χ3n) is 2.76. The largest absolute Gasteiger partial charge is 0.351 e. The van der Waals surface area contributed by atoms with Gasteiger partial charge in [-0.15, -0.1) is 18.3 Å². The average molecular weight is 283 g/mol. The summed E-state index contributed by atoms with van der Waals surface area (Å²) < 4.78 is 0. The van der Waals surface area contributed by atoms with Crippen LogP contribution in [0.15, 0.2) is 78.2 Å². The summed E-state index contributed by atoms with van der Waals surface area (Å²) in [5.74, 6) is 0.00459. The number of amides is 1. The Labute approximate surface area is 123 Å². The lowest BCUT2D eigenvalue weighted by Gasteiger charge is -2.16. The third-order valence-corrected chi connectivity index (χ3v) is 4.02. The predicted molar refractivity (Wildman–Crippen MR) is 84.7 cm³/mol. The quantitative estimate of drug-likeness (QED) is 0.645. The molecular formula is C17H17NOS. The second-order valence-corrected chi connectivity index (χ2v) is 5.43. The molecule has 0 heterocycles. The van der Waals surface area contributed by atoms with E-state index >= 15 is 0 Å². The number of nitrogens with one attached hydrogen (secondary N) is 1. The molecule has 2 rings (SSSR count). The molecule has 1 atom stereocenters. The Morgan fingerprint density at radius 2 is 1.70 bits per heavy atom. The lowest BCUT2D eigenvalue weighted by Crippen LogP contribution is -2.27. The third kappa shape index (κ3) is 4.00. The Hall–Kier alpha value is -2.00. The highest BCUT2D eigenvalue weighted by Gasteiger charge is 2.21. The number of hydrogen-bond acceptors (Lipinski definition) is 2. The first-order valence-corrected chi connectivity index (χ1v) is 7.34. The van der Waals surface area contributed by atoms with E-state index in [0.717, 1.165) is 10.5 Å². The lowest BCUT2D eigenvalue weighted by molar-refractivity contribution is -0.120. The van der Waals surface area contributed by atoms with Gasteiger partial charge >= 0.3 is 0 Å². The highest BCUT2D eigenvalue weighted by molar-refractivity contribution is 8.00. The molecule has 0 aliphatic rings. The molecule has 102 valence electrons. The summed E-state index contributed by atoms with van der Waals surface area (Å²) in [6, 6.07) is 19.8. The number of rotatable bonds is 6. The summed E-state index contributed by atoms with van der Waals surface area (Å²) in [6.07, 6.45) is 1.69. The van der Waals surface area contributed by atoms with Gasteiger partial charge in [-0.1, -0.05) is 54.6 Å². The summed E-state index contributed by atoms with van der Waals surface area (Å²) in [5, 5.41) is 2.62. The highest BCUT2D eigenvalue weighted by Crippen LogP contribution is 2.35. The molecule has 0 spiro atoms. The monoisotopic (exact) mass is 283 g/mol. The van der Waals surface area contributed by atoms with E-state index in [0.29, 0.717) is 6.54 Å². The van der Waals surface area contributed by atoms with Gasteiger partial charge in [0.15, 0.2) is 0 Å². The van der Waals surface area contributed by atoms with Gasteiger partial charge < -0.3 is 5.32 Å². The van der Waals surface area contributed by atoms with E-state index in [-0.39, 0.29) is 11.2 Å². The van der Waals surface area contributed by atoms with Crippen LogP contribution in [0.2, 0.25) is 0 Å². The zero-order valence-electron chi connectivity index (χ0n) is 11.2. The van der Waals surface area contributed by atoms with Crippen LogP contribution in [-0.4, -0.2) is 12.5 Å². The number of thioether (sulfide) groups is 1. The van der Waals surface area contributed by atoms with Gasteiger partial charge in [0.1, 0.15) is 5.25 Å². The highest BCUT2D eigenvalue weighted by atomic mass is 32.2. The molecule has 2 aromatic rings. The van der Waals surface area contributed by atoms with Crippen molar-refractivity contribution in [1.82, 2.24) is 5.32 Å². The first-order valence-electron chi connectivity index (χ1n) is 6.46. The van der Waals surface area contributed by atoms with Gasteiger partial charge in [-0.2, -0.15) is 0 Å². The molecule has 2 aromatic carbocycles. The molecule has 2 nitrogen and oxygen atoms in total. The first-order chi connectivity index (χ1) is 9.81. The molecule has 0 saturated carbocycles. The Morgan fingerprint density at radius 3 is 2.30 bits per heavy atom. The first kappa shape index (κ1) is 14.4. The van der Waals surface area contributed by atoms with Crippen molar-refractivity contribution in [3.8, 4) is 0 Å². The Bertz CT molecular complexity index is 554. The molecule has 1 N–H and O–H groups in total. The van der Waals surface area contributed by atoms with Gasteiger partial charge in [0.05, 0.1) is 0 Å². The van der Waals surface area contributed by atoms with Crippen LogP contribution in [-0.2, 0) is 4.79 Å². The van der Waals surface area contributed by atoms with E-state index in [1.54, 1.807) is 17.8 Å². The van der Waals surface area contributed by atoms with Crippen molar-refractivity contribution >= 4 is 17.7 Å². The number of hydrogen-bond donors (Lipinski definition) is 1. The van der Waals surface area contributed by atoms with E-state index in [1.807, 2.05) is 60.7 Å². The van der Waals surface area contributed by atoms with Gasteiger partial charge in [0.25, 0.3) is 0 Å². The fourth-order valence-corrected chi connectivity index (χ4v) is 2.87. The number of benzene rings is 2. The van der Waals surface area contributed by atoms with E-state index in [9.17, 15) is 4.79 Å². The van der Waals surface area contributed by atoms with Gasteiger partial charge in [-0.3, -0.25) is 4.79 Å². The molecule has 3 heteroatoms. The van der Waals surface area contributed by atoms with Gasteiger partial charge in [0.2, 0.25) is 5.91 Å². The Morgan fingerprint density at radius 1 is 1.10 bits per heavy atom. The van der Waals surface area contributed by atoms with Gasteiger partial charge in [-0.25, -0.2) is 0 Å². The Balaban J connectivity index is 2.20. The van der Waals surface area contributed by atoms with Gasteiger partial charge in [0, 0.05) is 11.4 Å². The van der Waals surface area contributed by atoms with Crippen LogP contribution in [0.4, 0.5) is 0 Å². The van der Waals surface area contributed by atoms with Crippen molar-refractivity contribution in [2.75, 3.05) is 6.54 Å². The van der Waals surface area contributed by atoms with Crippen molar-refractivity contribution in [3.05, 3.63) is 78.9 Å². The molecule has 0 fully saturated rings. The van der Waals surface area contributed by atoms with Crippen LogP contribution in [0.1, 0.15) is 10.8 Å². The van der Waals surface area contributed by atoms with Crippen LogP contribution in [0, 0.1) is 0 Å². The fraction of sp³-hybridized carbons (Fsp3) is 0.118. The number of carbonyl (C=O) groups is 1. The number of carbonyl (C=O) groups excluding carboxylic acids is 1. The normalized spacial score (nSPS) is 11.6. The van der Waals surface area contributed by atoms with Crippen molar-refractivity contribution in [1.29, 1.82) is 0 Å². The van der Waals surface area contributed by atoms with E-state index < -0.39 is 0 Å². The van der Waals surface area contributed by atoms with Crippen LogP contribution in [0.3, 0.4) is 0 Å². The van der Waals surface area contributed by atoms with Crippen LogP contribution >= 0.6 is 11.8 Å². The minimum Gasteiger partial charge on any atom is -0.351 e. The Kier molecular flexibility index (Phi) is 5.44. The molecule has 0 aromatic heterocycles. The maximum Gasteiger partial charge on any atom is 0.238 e. The molecule has 0 saturated heterocycles. The van der Waals surface area contributed by atoms with E-state index in [1.165, 1.54) is 0 Å². The standard InChI is InChI=1S/C17H17NOS/c1-2-13-18-17(19)16(14-9-5-3-6-10-14)20-15-11-7-4-8-12-15/h2-12,16H,1,13H2,(H,18,19)/t16-/m1/s1. The van der Waals surface area contributed by atoms with Crippen molar-refractivity contribution < 1.29 is 4.79 Å². The molecule has 0 radical (unpaired) electrons. The zero-order chi connectivity index (χ0) is 14.2. The van der Waals surface area contributed by atoms with Gasteiger partial charge in [-0.05, 0) is 17.7 Å². The minimum absolute atomic E-state index is 0.00459. The van der Waals surface area contributed by atoms with Crippen LogP contribution in [0.25, 0.3) is 0 Å². The van der Waals surface area contributed by atoms with Crippen LogP contribution in [0.5, 0.6) is 0 Å². The molecule has 20 heavy (non-hydrogen) atoms. The second-order valence-electron chi connectivity index (χ2n) is 4.26. The summed E-state index contributed by atoms with van der Waals surface area (Å²) >= 11 is 1.55. The smallest absolute Gasteiger partial charge is 0.238 e. The topological polar surface area (TPSA) is 29.1 Å². The predicted octanol–water partition coefficient (Wildman–Crippen LogP) is 3.82. The maximum absolute atomic E-state index is 12.3. The SMILES string of the molecule is C=CCNC(=O)[C@H](Sc1ccccc1)c1ccccc1. The molecule has 1 amide bonds. The van der Waals surface area contributed by atoms with Crippen molar-refractivity contribution in [2.24, 2.45) is 0 Å². The second kappa shape index (κ2) is 7.56. The van der Waals surface area contributed by atoms with E-state index in [4.69, 9.17) is 0 Å². The maximum atomic E-state index is 12.3. The average Bonchev–Trinajstić information content (AvgIpc) is 2.52. The molecule has 0 unspecified atom stereocenters.